The van der Waals surface area contributed by atoms with Crippen molar-refractivity contribution in [3.63, 3.8) is 0 Å². The molecule has 2 aromatic rings. The molecule has 0 fully saturated rings. The van der Waals surface area contributed by atoms with Gasteiger partial charge in [-0.15, -0.1) is 0 Å². The normalized spacial score (nSPS) is 9.89. The molecule has 2 amide bonds. The molecule has 0 spiro atoms. The maximum atomic E-state index is 12.0. The fourth-order valence-electron chi connectivity index (χ4n) is 2.03. The van der Waals surface area contributed by atoms with Crippen molar-refractivity contribution in [1.29, 1.82) is 0 Å². The fraction of sp³-hybridized carbons (Fsp3) is 0.167. The third kappa shape index (κ3) is 6.43. The fourth-order valence-corrected chi connectivity index (χ4v) is 2.40. The van der Waals surface area contributed by atoms with Crippen LogP contribution in [0.2, 0.25) is 5.02 Å². The van der Waals surface area contributed by atoms with Crippen molar-refractivity contribution in [1.82, 2.24) is 16.2 Å². The molecule has 9 heteroatoms. The Balaban J connectivity index is 1.75. The van der Waals surface area contributed by atoms with Gasteiger partial charge in [0, 0.05) is 10.6 Å². The van der Waals surface area contributed by atoms with Crippen LogP contribution in [0.4, 0.5) is 0 Å². The summed E-state index contributed by atoms with van der Waals surface area (Å²) in [6.07, 6.45) is 0. The molecule has 0 aliphatic rings. The molecule has 3 N–H and O–H groups in total. The van der Waals surface area contributed by atoms with Gasteiger partial charge in [-0.3, -0.25) is 25.8 Å². The van der Waals surface area contributed by atoms with E-state index in [0.717, 1.165) is 5.56 Å². The van der Waals surface area contributed by atoms with E-state index in [1.807, 2.05) is 6.92 Å². The molecular formula is C18H18ClN3O4S. The number of methoxy groups -OCH3 is 1. The Hall–Kier alpha value is -2.84. The molecular weight excluding hydrogens is 390 g/mol. The highest BCUT2D eigenvalue weighted by Crippen LogP contribution is 2.21. The van der Waals surface area contributed by atoms with E-state index in [4.69, 9.17) is 33.3 Å². The number of aryl methyl sites for hydroxylation is 1. The largest absolute Gasteiger partial charge is 0.497 e. The topological polar surface area (TPSA) is 88.7 Å². The van der Waals surface area contributed by atoms with Gasteiger partial charge in [-0.2, -0.15) is 0 Å². The first kappa shape index (κ1) is 20.5. The minimum absolute atomic E-state index is 0.0492. The molecule has 0 saturated heterocycles. The minimum atomic E-state index is -0.467. The summed E-state index contributed by atoms with van der Waals surface area (Å²) in [5.41, 5.74) is 5.99. The predicted octanol–water partition coefficient (Wildman–Crippen LogP) is 2.37. The van der Waals surface area contributed by atoms with Crippen LogP contribution in [0.5, 0.6) is 11.5 Å². The van der Waals surface area contributed by atoms with Gasteiger partial charge in [0.1, 0.15) is 11.5 Å². The van der Waals surface area contributed by atoms with Crippen molar-refractivity contribution in [2.24, 2.45) is 0 Å². The van der Waals surface area contributed by atoms with Crippen LogP contribution in [0.25, 0.3) is 0 Å². The second-order valence-corrected chi connectivity index (χ2v) is 6.23. The quantitative estimate of drug-likeness (QED) is 0.521. The SMILES string of the molecule is COc1ccc(C(=O)NC(=S)NNC(=O)COc2ccc(Cl)cc2C)cc1. The second kappa shape index (κ2) is 9.75. The van der Waals surface area contributed by atoms with E-state index in [1.165, 1.54) is 7.11 Å². The van der Waals surface area contributed by atoms with Gasteiger partial charge in [0.25, 0.3) is 11.8 Å². The number of thiocarbonyl (C=S) groups is 1. The number of rotatable bonds is 5. The zero-order chi connectivity index (χ0) is 19.8. The van der Waals surface area contributed by atoms with E-state index in [0.29, 0.717) is 22.1 Å². The standard InChI is InChI=1S/C18H18ClN3O4S/c1-11-9-13(19)5-8-15(11)26-10-16(23)21-22-18(27)20-17(24)12-3-6-14(25-2)7-4-12/h3-9H,10H2,1-2H3,(H,21,23)(H2,20,22,24,27). The Morgan fingerprint density at radius 1 is 1.11 bits per heavy atom. The Morgan fingerprint density at radius 3 is 2.44 bits per heavy atom. The molecule has 0 bridgehead atoms. The highest BCUT2D eigenvalue weighted by atomic mass is 35.5. The molecule has 0 aliphatic heterocycles. The van der Waals surface area contributed by atoms with Gasteiger partial charge in [-0.05, 0) is 67.2 Å². The molecule has 2 rings (SSSR count). The van der Waals surface area contributed by atoms with Crippen LogP contribution in [-0.2, 0) is 4.79 Å². The van der Waals surface area contributed by atoms with Gasteiger partial charge in [0.05, 0.1) is 7.11 Å². The summed E-state index contributed by atoms with van der Waals surface area (Å²) in [5.74, 6) is 0.295. The number of carbonyl (C=O) groups excluding carboxylic acids is 2. The summed E-state index contributed by atoms with van der Waals surface area (Å²) < 4.78 is 10.4. The molecule has 2 aromatic carbocycles. The minimum Gasteiger partial charge on any atom is -0.497 e. The van der Waals surface area contributed by atoms with E-state index >= 15 is 0 Å². The molecule has 7 nitrogen and oxygen atoms in total. The van der Waals surface area contributed by atoms with Crippen LogP contribution in [0, 0.1) is 6.92 Å². The lowest BCUT2D eigenvalue weighted by molar-refractivity contribution is -0.123. The summed E-state index contributed by atoms with van der Waals surface area (Å²) in [7, 11) is 1.54. The van der Waals surface area contributed by atoms with Crippen LogP contribution in [-0.4, -0.2) is 30.6 Å². The number of halogens is 1. The van der Waals surface area contributed by atoms with Gasteiger partial charge < -0.3 is 9.47 Å². The lowest BCUT2D eigenvalue weighted by Crippen LogP contribution is -2.49. The van der Waals surface area contributed by atoms with Gasteiger partial charge in [0.2, 0.25) is 0 Å². The number of ether oxygens (including phenoxy) is 2. The number of hydrogen-bond acceptors (Lipinski definition) is 5. The summed E-state index contributed by atoms with van der Waals surface area (Å²) in [4.78, 5) is 23.9. The maximum Gasteiger partial charge on any atom is 0.276 e. The average molecular weight is 408 g/mol. The van der Waals surface area contributed by atoms with Crippen molar-refractivity contribution in [2.45, 2.75) is 6.92 Å². The Kier molecular flexibility index (Phi) is 7.39. The molecule has 0 radical (unpaired) electrons. The molecule has 0 saturated carbocycles. The summed E-state index contributed by atoms with van der Waals surface area (Å²) >= 11 is 10.8. The summed E-state index contributed by atoms with van der Waals surface area (Å²) in [6.45, 7) is 1.59. The van der Waals surface area contributed by atoms with Crippen LogP contribution < -0.4 is 25.6 Å². The first-order chi connectivity index (χ1) is 12.9. The number of hydrazine groups is 1. The highest BCUT2D eigenvalue weighted by Gasteiger charge is 2.09. The van der Waals surface area contributed by atoms with Crippen LogP contribution in [0.15, 0.2) is 42.5 Å². The molecule has 27 heavy (non-hydrogen) atoms. The first-order valence-corrected chi connectivity index (χ1v) is 8.61. The van der Waals surface area contributed by atoms with Crippen LogP contribution in [0.1, 0.15) is 15.9 Å². The highest BCUT2D eigenvalue weighted by molar-refractivity contribution is 7.80. The molecule has 0 unspecified atom stereocenters. The van der Waals surface area contributed by atoms with Gasteiger partial charge >= 0.3 is 0 Å². The van der Waals surface area contributed by atoms with Gasteiger partial charge in [0.15, 0.2) is 11.7 Å². The van der Waals surface area contributed by atoms with Crippen molar-refractivity contribution in [3.05, 3.63) is 58.6 Å². The monoisotopic (exact) mass is 407 g/mol. The molecule has 0 aliphatic carbocycles. The number of hydrogen-bond donors (Lipinski definition) is 3. The van der Waals surface area contributed by atoms with E-state index < -0.39 is 11.8 Å². The third-order valence-corrected chi connectivity index (χ3v) is 3.83. The summed E-state index contributed by atoms with van der Waals surface area (Å²) in [5, 5.41) is 2.99. The van der Waals surface area contributed by atoms with Crippen molar-refractivity contribution < 1.29 is 19.1 Å². The molecule has 0 aromatic heterocycles. The Bertz CT molecular complexity index is 843. The van der Waals surface area contributed by atoms with Crippen molar-refractivity contribution in [2.75, 3.05) is 13.7 Å². The molecule has 142 valence electrons. The molecule has 0 heterocycles. The summed E-state index contributed by atoms with van der Waals surface area (Å²) in [6, 6.07) is 11.6. The lowest BCUT2D eigenvalue weighted by Gasteiger charge is -2.12. The number of nitrogens with one attached hydrogen (secondary N) is 3. The smallest absolute Gasteiger partial charge is 0.276 e. The second-order valence-electron chi connectivity index (χ2n) is 5.38. The maximum absolute atomic E-state index is 12.0. The van der Waals surface area contributed by atoms with Crippen molar-refractivity contribution >= 4 is 40.7 Å². The van der Waals surface area contributed by atoms with Gasteiger partial charge in [-0.1, -0.05) is 11.6 Å². The first-order valence-electron chi connectivity index (χ1n) is 7.82. The average Bonchev–Trinajstić information content (AvgIpc) is 2.65. The van der Waals surface area contributed by atoms with Crippen LogP contribution >= 0.6 is 23.8 Å². The van der Waals surface area contributed by atoms with E-state index in [9.17, 15) is 9.59 Å². The van der Waals surface area contributed by atoms with Crippen molar-refractivity contribution in [3.8, 4) is 11.5 Å². The zero-order valence-electron chi connectivity index (χ0n) is 14.7. The zero-order valence-corrected chi connectivity index (χ0v) is 16.2. The Morgan fingerprint density at radius 2 is 1.81 bits per heavy atom. The number of carbonyl (C=O) groups is 2. The molecule has 0 atom stereocenters. The van der Waals surface area contributed by atoms with E-state index in [-0.39, 0.29) is 11.7 Å². The third-order valence-electron chi connectivity index (χ3n) is 3.39. The number of amides is 2. The van der Waals surface area contributed by atoms with Gasteiger partial charge in [-0.25, -0.2) is 0 Å². The predicted molar refractivity (Wildman–Crippen MR) is 106 cm³/mol. The lowest BCUT2D eigenvalue weighted by atomic mass is 10.2. The Labute approximate surface area is 167 Å². The number of benzene rings is 2. The van der Waals surface area contributed by atoms with Crippen LogP contribution in [0.3, 0.4) is 0 Å². The van der Waals surface area contributed by atoms with E-state index in [2.05, 4.69) is 16.2 Å². The van der Waals surface area contributed by atoms with E-state index in [1.54, 1.807) is 42.5 Å².